The van der Waals surface area contributed by atoms with Gasteiger partial charge in [0.1, 0.15) is 5.75 Å². The van der Waals surface area contributed by atoms with Crippen LogP contribution in [0, 0.1) is 5.92 Å². The molecule has 5 heteroatoms. The first-order chi connectivity index (χ1) is 13.7. The molecule has 3 unspecified atom stereocenters. The minimum absolute atomic E-state index is 0.115. The lowest BCUT2D eigenvalue weighted by Gasteiger charge is -2.33. The maximum absolute atomic E-state index is 13.1. The number of likely N-dealkylation sites (tertiary alicyclic amines) is 1. The Bertz CT molecular complexity index is 825. The molecule has 3 atom stereocenters. The Morgan fingerprint density at radius 2 is 2.04 bits per heavy atom. The number of benzene rings is 2. The Kier molecular flexibility index (Phi) is 5.93. The minimum Gasteiger partial charge on any atom is -0.497 e. The highest BCUT2D eigenvalue weighted by Gasteiger charge is 2.47. The summed E-state index contributed by atoms with van der Waals surface area (Å²) in [5, 5.41) is 0. The van der Waals surface area contributed by atoms with Crippen molar-refractivity contribution in [3.8, 4) is 16.9 Å². The molecule has 0 aromatic heterocycles. The quantitative estimate of drug-likeness (QED) is 0.738. The Morgan fingerprint density at radius 3 is 2.79 bits per heavy atom. The average molecular weight is 397 g/mol. The van der Waals surface area contributed by atoms with Crippen LogP contribution in [0.25, 0.3) is 11.1 Å². The van der Waals surface area contributed by atoms with Crippen LogP contribution in [0.4, 0.5) is 0 Å². The molecule has 1 N–H and O–H groups in total. The summed E-state index contributed by atoms with van der Waals surface area (Å²) in [7, 11) is 1.70. The molecule has 1 saturated carbocycles. The first-order valence-electron chi connectivity index (χ1n) is 10.0. The van der Waals surface area contributed by atoms with Gasteiger partial charge in [0.25, 0.3) is 0 Å². The van der Waals surface area contributed by atoms with Crippen LogP contribution < -0.4 is 9.46 Å². The molecule has 1 heterocycles. The lowest BCUT2D eigenvalue weighted by Crippen LogP contribution is -2.46. The van der Waals surface area contributed by atoms with E-state index in [1.807, 2.05) is 18.4 Å². The smallest absolute Gasteiger partial charge is 0.226 e. The van der Waals surface area contributed by atoms with E-state index >= 15 is 0 Å². The van der Waals surface area contributed by atoms with E-state index in [0.717, 1.165) is 38.1 Å². The second-order valence-corrected chi connectivity index (χ2v) is 8.36. The van der Waals surface area contributed by atoms with Crippen molar-refractivity contribution in [2.45, 2.75) is 31.2 Å². The third-order valence-corrected chi connectivity index (χ3v) is 6.44. The zero-order valence-corrected chi connectivity index (χ0v) is 17.4. The van der Waals surface area contributed by atoms with Crippen molar-refractivity contribution < 1.29 is 9.53 Å². The number of hydrogen-bond acceptors (Lipinski definition) is 4. The zero-order valence-electron chi connectivity index (χ0n) is 16.6. The predicted octanol–water partition coefficient (Wildman–Crippen LogP) is 4.32. The van der Waals surface area contributed by atoms with Gasteiger partial charge in [-0.15, -0.1) is 0 Å². The SMILES string of the molecule is COc1ccc(C2CC2C(=O)N2CCCC(NSC)C2)c(-c2ccccc2)c1. The second-order valence-electron chi connectivity index (χ2n) is 7.71. The first-order valence-corrected chi connectivity index (χ1v) is 11.2. The molecular formula is C23H28N2O2S. The number of hydrogen-bond donors (Lipinski definition) is 1. The van der Waals surface area contributed by atoms with Gasteiger partial charge in [0.15, 0.2) is 0 Å². The topological polar surface area (TPSA) is 41.6 Å². The van der Waals surface area contributed by atoms with E-state index in [9.17, 15) is 4.79 Å². The van der Waals surface area contributed by atoms with Crippen LogP contribution in [-0.4, -0.2) is 43.3 Å². The van der Waals surface area contributed by atoms with Gasteiger partial charge in [-0.3, -0.25) is 9.52 Å². The summed E-state index contributed by atoms with van der Waals surface area (Å²) in [6.07, 6.45) is 5.23. The van der Waals surface area contributed by atoms with Crippen molar-refractivity contribution in [1.29, 1.82) is 0 Å². The van der Waals surface area contributed by atoms with Gasteiger partial charge < -0.3 is 9.64 Å². The van der Waals surface area contributed by atoms with Crippen molar-refractivity contribution in [1.82, 2.24) is 9.62 Å². The monoisotopic (exact) mass is 396 g/mol. The molecule has 1 aliphatic heterocycles. The summed E-state index contributed by atoms with van der Waals surface area (Å²) < 4.78 is 8.88. The van der Waals surface area contributed by atoms with Crippen LogP contribution in [0.2, 0.25) is 0 Å². The van der Waals surface area contributed by atoms with Crippen LogP contribution in [-0.2, 0) is 4.79 Å². The maximum Gasteiger partial charge on any atom is 0.226 e. The highest BCUT2D eigenvalue weighted by Crippen LogP contribution is 2.52. The van der Waals surface area contributed by atoms with Crippen molar-refractivity contribution >= 4 is 17.9 Å². The molecule has 1 amide bonds. The molecule has 2 fully saturated rings. The largest absolute Gasteiger partial charge is 0.497 e. The fraction of sp³-hybridized carbons (Fsp3) is 0.435. The highest BCUT2D eigenvalue weighted by atomic mass is 32.2. The molecule has 2 aromatic rings. The summed E-state index contributed by atoms with van der Waals surface area (Å²) in [6, 6.07) is 17.1. The van der Waals surface area contributed by atoms with Crippen molar-refractivity contribution in [3.05, 3.63) is 54.1 Å². The molecule has 2 aliphatic rings. The van der Waals surface area contributed by atoms with Gasteiger partial charge in [-0.1, -0.05) is 48.3 Å². The Labute approximate surface area is 171 Å². The highest BCUT2D eigenvalue weighted by molar-refractivity contribution is 7.96. The van der Waals surface area contributed by atoms with Crippen molar-refractivity contribution in [2.24, 2.45) is 5.92 Å². The normalized spacial score (nSPS) is 24.1. The van der Waals surface area contributed by atoms with E-state index < -0.39 is 0 Å². The summed E-state index contributed by atoms with van der Waals surface area (Å²) >= 11 is 1.65. The van der Waals surface area contributed by atoms with Gasteiger partial charge in [0.05, 0.1) is 7.11 Å². The number of rotatable bonds is 6. The van der Waals surface area contributed by atoms with E-state index in [-0.39, 0.29) is 5.92 Å². The summed E-state index contributed by atoms with van der Waals surface area (Å²) in [6.45, 7) is 1.72. The first kappa shape index (κ1) is 19.3. The number of piperidine rings is 1. The van der Waals surface area contributed by atoms with E-state index in [1.54, 1.807) is 19.1 Å². The number of ether oxygens (including phenoxy) is 1. The van der Waals surface area contributed by atoms with E-state index in [1.165, 1.54) is 16.7 Å². The third-order valence-electron chi connectivity index (χ3n) is 5.87. The third kappa shape index (κ3) is 4.06. The Morgan fingerprint density at radius 1 is 1.21 bits per heavy atom. The van der Waals surface area contributed by atoms with Gasteiger partial charge in [-0.25, -0.2) is 0 Å². The minimum atomic E-state index is 0.115. The lowest BCUT2D eigenvalue weighted by molar-refractivity contribution is -0.133. The molecule has 0 bridgehead atoms. The van der Waals surface area contributed by atoms with Crippen LogP contribution >= 0.6 is 11.9 Å². The number of carbonyl (C=O) groups is 1. The molecule has 28 heavy (non-hydrogen) atoms. The fourth-order valence-electron chi connectivity index (χ4n) is 4.34. The maximum atomic E-state index is 13.1. The fourth-order valence-corrected chi connectivity index (χ4v) is 4.87. The predicted molar refractivity (Wildman–Crippen MR) is 116 cm³/mol. The molecule has 4 nitrogen and oxygen atoms in total. The number of nitrogens with one attached hydrogen (secondary N) is 1. The van der Waals surface area contributed by atoms with E-state index in [2.05, 4.69) is 46.0 Å². The van der Waals surface area contributed by atoms with Crippen LogP contribution in [0.5, 0.6) is 5.75 Å². The number of carbonyl (C=O) groups excluding carboxylic acids is 1. The van der Waals surface area contributed by atoms with E-state index in [0.29, 0.717) is 17.9 Å². The molecule has 2 aromatic carbocycles. The molecule has 0 spiro atoms. The van der Waals surface area contributed by atoms with Crippen LogP contribution in [0.3, 0.4) is 0 Å². The van der Waals surface area contributed by atoms with Crippen LogP contribution in [0.15, 0.2) is 48.5 Å². The summed E-state index contributed by atoms with van der Waals surface area (Å²) in [4.78, 5) is 15.2. The van der Waals surface area contributed by atoms with Crippen LogP contribution in [0.1, 0.15) is 30.7 Å². The molecule has 148 valence electrons. The van der Waals surface area contributed by atoms with Gasteiger partial charge in [-0.2, -0.15) is 0 Å². The Hall–Kier alpha value is -1.98. The van der Waals surface area contributed by atoms with Crippen molar-refractivity contribution in [2.75, 3.05) is 26.5 Å². The number of nitrogens with zero attached hydrogens (tertiary/aromatic N) is 1. The molecule has 4 rings (SSSR count). The van der Waals surface area contributed by atoms with Gasteiger partial charge in [0.2, 0.25) is 5.91 Å². The zero-order chi connectivity index (χ0) is 19.5. The summed E-state index contributed by atoms with van der Waals surface area (Å²) in [5.41, 5.74) is 3.62. The van der Waals surface area contributed by atoms with Crippen molar-refractivity contribution in [3.63, 3.8) is 0 Å². The lowest BCUT2D eigenvalue weighted by atomic mass is 9.95. The van der Waals surface area contributed by atoms with Gasteiger partial charge in [0, 0.05) is 25.0 Å². The van der Waals surface area contributed by atoms with Gasteiger partial charge in [-0.05, 0) is 60.3 Å². The van der Waals surface area contributed by atoms with E-state index in [4.69, 9.17) is 4.74 Å². The number of amides is 1. The number of methoxy groups -OCH3 is 1. The molecular weight excluding hydrogens is 368 g/mol. The standard InChI is InChI=1S/C23H28N2O2S/c1-27-18-10-11-19(20(13-18)16-7-4-3-5-8-16)21-14-22(21)23(26)25-12-6-9-17(15-25)24-28-2/h3-5,7-8,10-11,13,17,21-22,24H,6,9,12,14-15H2,1-2H3. The summed E-state index contributed by atoms with van der Waals surface area (Å²) in [5.74, 6) is 1.60. The van der Waals surface area contributed by atoms with Gasteiger partial charge >= 0.3 is 0 Å². The molecule has 1 aliphatic carbocycles. The molecule has 0 radical (unpaired) electrons. The average Bonchev–Trinajstić information content (AvgIpc) is 3.54. The Balaban J connectivity index is 1.53. The molecule has 1 saturated heterocycles. The second kappa shape index (κ2) is 8.58.